The summed E-state index contributed by atoms with van der Waals surface area (Å²) in [5.74, 6) is 0.420. The van der Waals surface area contributed by atoms with Crippen molar-refractivity contribution in [2.24, 2.45) is 0 Å². The van der Waals surface area contributed by atoms with Gasteiger partial charge >= 0.3 is 0 Å². The minimum absolute atomic E-state index is 0.130. The monoisotopic (exact) mass is 466 g/mol. The van der Waals surface area contributed by atoms with Gasteiger partial charge in [-0.1, -0.05) is 11.6 Å². The SMILES string of the molecule is CC(=O)NCCNC(=O)Cc1nccc2nn(Cc3cnc(-n4cc(Cl)cn4)c(C)c3)cc12. The Morgan fingerprint density at radius 3 is 2.67 bits per heavy atom. The van der Waals surface area contributed by atoms with Crippen LogP contribution in [0.2, 0.25) is 5.02 Å². The van der Waals surface area contributed by atoms with Crippen LogP contribution in [0.5, 0.6) is 0 Å². The van der Waals surface area contributed by atoms with E-state index in [2.05, 4.69) is 30.8 Å². The number of carbonyl (C=O) groups excluding carboxylic acids is 2. The van der Waals surface area contributed by atoms with E-state index in [4.69, 9.17) is 11.6 Å². The van der Waals surface area contributed by atoms with Crippen LogP contribution in [0.25, 0.3) is 16.7 Å². The molecule has 170 valence electrons. The van der Waals surface area contributed by atoms with Crippen molar-refractivity contribution in [2.75, 3.05) is 13.1 Å². The van der Waals surface area contributed by atoms with Gasteiger partial charge in [0.1, 0.15) is 0 Å². The number of nitrogens with zero attached hydrogens (tertiary/aromatic N) is 6. The van der Waals surface area contributed by atoms with Gasteiger partial charge in [-0.15, -0.1) is 0 Å². The van der Waals surface area contributed by atoms with Gasteiger partial charge in [0.2, 0.25) is 11.8 Å². The van der Waals surface area contributed by atoms with E-state index >= 15 is 0 Å². The van der Waals surface area contributed by atoms with Crippen molar-refractivity contribution in [2.45, 2.75) is 26.8 Å². The molecule has 0 aromatic carbocycles. The van der Waals surface area contributed by atoms with Crippen LogP contribution in [0.15, 0.2) is 43.1 Å². The van der Waals surface area contributed by atoms with Gasteiger partial charge in [-0.25, -0.2) is 9.67 Å². The van der Waals surface area contributed by atoms with Crippen molar-refractivity contribution in [1.82, 2.24) is 40.2 Å². The van der Waals surface area contributed by atoms with Gasteiger partial charge in [-0.3, -0.25) is 19.3 Å². The maximum absolute atomic E-state index is 12.3. The molecule has 0 unspecified atom stereocenters. The van der Waals surface area contributed by atoms with E-state index in [1.165, 1.54) is 6.92 Å². The quantitative estimate of drug-likeness (QED) is 0.382. The summed E-state index contributed by atoms with van der Waals surface area (Å²) in [6.45, 7) is 4.67. The van der Waals surface area contributed by atoms with Crippen LogP contribution < -0.4 is 10.6 Å². The average molecular weight is 467 g/mol. The standard InChI is InChI=1S/C22H23ClN8O2/c1-14-7-16(9-27-22(14)31-12-17(23)10-28-31)11-30-13-18-19(29-30)3-4-25-20(18)8-21(33)26-6-5-24-15(2)32/h3-4,7,9-10,12-13H,5-6,8,11H2,1-2H3,(H,24,32)(H,26,33). The molecule has 0 aliphatic rings. The Kier molecular flexibility index (Phi) is 6.64. The third-order valence-corrected chi connectivity index (χ3v) is 5.13. The van der Waals surface area contributed by atoms with Crippen molar-refractivity contribution >= 4 is 34.3 Å². The largest absolute Gasteiger partial charge is 0.355 e. The summed E-state index contributed by atoms with van der Waals surface area (Å²) < 4.78 is 3.45. The molecule has 0 saturated heterocycles. The van der Waals surface area contributed by atoms with E-state index in [0.717, 1.165) is 22.0 Å². The molecule has 10 nitrogen and oxygen atoms in total. The summed E-state index contributed by atoms with van der Waals surface area (Å²) in [5.41, 5.74) is 3.35. The van der Waals surface area contributed by atoms with Crippen LogP contribution in [-0.4, -0.2) is 54.4 Å². The minimum Gasteiger partial charge on any atom is -0.355 e. The van der Waals surface area contributed by atoms with Crippen LogP contribution in [0.4, 0.5) is 0 Å². The molecule has 0 spiro atoms. The topological polar surface area (TPSA) is 120 Å². The molecular formula is C22H23ClN8O2. The van der Waals surface area contributed by atoms with E-state index in [0.29, 0.717) is 36.2 Å². The van der Waals surface area contributed by atoms with Gasteiger partial charge in [0.25, 0.3) is 0 Å². The Hall–Kier alpha value is -3.79. The number of carbonyl (C=O) groups is 2. The lowest BCUT2D eigenvalue weighted by atomic mass is 10.2. The summed E-state index contributed by atoms with van der Waals surface area (Å²) in [6.07, 6.45) is 8.73. The second-order valence-electron chi connectivity index (χ2n) is 7.61. The lowest BCUT2D eigenvalue weighted by Gasteiger charge is -2.07. The fraction of sp³-hybridized carbons (Fsp3) is 0.273. The number of rotatable bonds is 8. The van der Waals surface area contributed by atoms with Crippen LogP contribution in [0.3, 0.4) is 0 Å². The molecule has 0 bridgehead atoms. The first-order valence-corrected chi connectivity index (χ1v) is 10.7. The molecule has 4 heterocycles. The summed E-state index contributed by atoms with van der Waals surface area (Å²) in [6, 6.07) is 3.85. The van der Waals surface area contributed by atoms with Crippen LogP contribution in [0, 0.1) is 6.92 Å². The number of nitrogens with one attached hydrogen (secondary N) is 2. The van der Waals surface area contributed by atoms with E-state index in [-0.39, 0.29) is 18.2 Å². The lowest BCUT2D eigenvalue weighted by Crippen LogP contribution is -2.34. The highest BCUT2D eigenvalue weighted by molar-refractivity contribution is 6.30. The number of halogens is 1. The zero-order chi connectivity index (χ0) is 23.4. The fourth-order valence-corrected chi connectivity index (χ4v) is 3.62. The number of hydrogen-bond donors (Lipinski definition) is 2. The Labute approximate surface area is 195 Å². The van der Waals surface area contributed by atoms with Gasteiger partial charge in [-0.05, 0) is 30.2 Å². The molecular weight excluding hydrogens is 444 g/mol. The summed E-state index contributed by atoms with van der Waals surface area (Å²) in [4.78, 5) is 32.1. The molecule has 0 saturated carbocycles. The molecule has 0 atom stereocenters. The predicted molar refractivity (Wildman–Crippen MR) is 123 cm³/mol. The predicted octanol–water partition coefficient (Wildman–Crippen LogP) is 1.82. The molecule has 33 heavy (non-hydrogen) atoms. The Bertz CT molecular complexity index is 1310. The van der Waals surface area contributed by atoms with E-state index in [1.54, 1.807) is 29.5 Å². The maximum Gasteiger partial charge on any atom is 0.226 e. The number of amides is 2. The van der Waals surface area contributed by atoms with Gasteiger partial charge in [0.05, 0.1) is 41.6 Å². The molecule has 2 N–H and O–H groups in total. The van der Waals surface area contributed by atoms with Crippen molar-refractivity contribution in [3.63, 3.8) is 0 Å². The molecule has 4 aromatic rings. The molecule has 0 aliphatic carbocycles. The van der Waals surface area contributed by atoms with Crippen LogP contribution >= 0.6 is 11.6 Å². The number of aromatic nitrogens is 6. The number of hydrogen-bond acceptors (Lipinski definition) is 6. The smallest absolute Gasteiger partial charge is 0.226 e. The number of pyridine rings is 2. The van der Waals surface area contributed by atoms with Crippen molar-refractivity contribution < 1.29 is 9.59 Å². The normalized spacial score (nSPS) is 11.0. The van der Waals surface area contributed by atoms with Crippen LogP contribution in [-0.2, 0) is 22.6 Å². The number of aryl methyl sites for hydroxylation is 1. The zero-order valence-electron chi connectivity index (χ0n) is 18.2. The summed E-state index contributed by atoms with van der Waals surface area (Å²) >= 11 is 5.96. The van der Waals surface area contributed by atoms with E-state index < -0.39 is 0 Å². The fourth-order valence-electron chi connectivity index (χ4n) is 3.48. The Morgan fingerprint density at radius 1 is 1.12 bits per heavy atom. The second kappa shape index (κ2) is 9.78. The third kappa shape index (κ3) is 5.53. The first-order valence-electron chi connectivity index (χ1n) is 10.4. The highest BCUT2D eigenvalue weighted by atomic mass is 35.5. The molecule has 0 radical (unpaired) electrons. The van der Waals surface area contributed by atoms with E-state index in [9.17, 15) is 9.59 Å². The van der Waals surface area contributed by atoms with Gasteiger partial charge in [-0.2, -0.15) is 10.2 Å². The Morgan fingerprint density at radius 2 is 1.94 bits per heavy atom. The number of fused-ring (bicyclic) bond motifs is 1. The molecule has 0 aliphatic heterocycles. The first kappa shape index (κ1) is 22.4. The summed E-state index contributed by atoms with van der Waals surface area (Å²) in [7, 11) is 0. The Balaban J connectivity index is 1.46. The first-order chi connectivity index (χ1) is 15.9. The van der Waals surface area contributed by atoms with Crippen LogP contribution in [0.1, 0.15) is 23.7 Å². The van der Waals surface area contributed by atoms with Crippen molar-refractivity contribution in [1.29, 1.82) is 0 Å². The molecule has 2 amide bonds. The third-order valence-electron chi connectivity index (χ3n) is 4.93. The van der Waals surface area contributed by atoms with Gasteiger partial charge in [0, 0.05) is 44.0 Å². The molecule has 0 fully saturated rings. The molecule has 11 heteroatoms. The average Bonchev–Trinajstić information content (AvgIpc) is 3.37. The molecule has 4 rings (SSSR count). The highest BCUT2D eigenvalue weighted by Crippen LogP contribution is 2.19. The van der Waals surface area contributed by atoms with Crippen molar-refractivity contribution in [3.8, 4) is 5.82 Å². The molecule has 4 aromatic heterocycles. The zero-order valence-corrected chi connectivity index (χ0v) is 19.0. The second-order valence-corrected chi connectivity index (χ2v) is 8.05. The highest BCUT2D eigenvalue weighted by Gasteiger charge is 2.12. The summed E-state index contributed by atoms with van der Waals surface area (Å²) in [5, 5.41) is 15.6. The maximum atomic E-state index is 12.3. The minimum atomic E-state index is -0.165. The van der Waals surface area contributed by atoms with E-state index in [1.807, 2.05) is 29.9 Å². The van der Waals surface area contributed by atoms with Gasteiger partial charge in [0.15, 0.2) is 5.82 Å². The van der Waals surface area contributed by atoms with Gasteiger partial charge < -0.3 is 10.6 Å². The lowest BCUT2D eigenvalue weighted by molar-refractivity contribution is -0.121. The van der Waals surface area contributed by atoms with Crippen molar-refractivity contribution in [3.05, 3.63) is 65.0 Å².